The van der Waals surface area contributed by atoms with Crippen LogP contribution in [0.5, 0.6) is 0 Å². The highest BCUT2D eigenvalue weighted by Crippen LogP contribution is 2.41. The van der Waals surface area contributed by atoms with Gasteiger partial charge in [-0.3, -0.25) is 4.79 Å². The Kier molecular flexibility index (Phi) is 2.73. The van der Waals surface area contributed by atoms with Crippen molar-refractivity contribution >= 4 is 5.97 Å². The third-order valence-electron chi connectivity index (χ3n) is 2.55. The molecule has 1 atom stereocenters. The molecule has 0 aromatic heterocycles. The zero-order valence-corrected chi connectivity index (χ0v) is 7.55. The molecule has 1 aliphatic rings. The summed E-state index contributed by atoms with van der Waals surface area (Å²) in [6.07, 6.45) is 3.71. The molecular formula is C9H17NO2. The first-order chi connectivity index (χ1) is 5.56. The zero-order valence-electron chi connectivity index (χ0n) is 7.55. The number of carbonyl (C=O) groups is 1. The van der Waals surface area contributed by atoms with Crippen LogP contribution >= 0.6 is 0 Å². The van der Waals surface area contributed by atoms with Crippen LogP contribution in [0.1, 0.15) is 32.6 Å². The van der Waals surface area contributed by atoms with Gasteiger partial charge in [-0.25, -0.2) is 0 Å². The van der Waals surface area contributed by atoms with E-state index >= 15 is 0 Å². The van der Waals surface area contributed by atoms with Crippen molar-refractivity contribution in [2.75, 3.05) is 6.54 Å². The Balaban J connectivity index is 2.41. The average molecular weight is 171 g/mol. The smallest absolute Gasteiger partial charge is 0.303 e. The van der Waals surface area contributed by atoms with Crippen LogP contribution in [0.2, 0.25) is 0 Å². The quantitative estimate of drug-likeness (QED) is 0.653. The van der Waals surface area contributed by atoms with Crippen molar-refractivity contribution in [2.24, 2.45) is 17.1 Å². The molecular weight excluding hydrogens is 154 g/mol. The molecule has 1 fully saturated rings. The predicted molar refractivity (Wildman–Crippen MR) is 46.8 cm³/mol. The summed E-state index contributed by atoms with van der Waals surface area (Å²) in [5.74, 6) is 0.0153. The standard InChI is InChI=1S/C9H17NO2/c1-9(6-10,5-8(11)12)4-7-2-3-7/h7H,2-6,10H2,1H3,(H,11,12). The van der Waals surface area contributed by atoms with E-state index in [4.69, 9.17) is 10.8 Å². The second kappa shape index (κ2) is 3.44. The van der Waals surface area contributed by atoms with Crippen LogP contribution in [-0.2, 0) is 4.79 Å². The molecule has 3 nitrogen and oxygen atoms in total. The van der Waals surface area contributed by atoms with Gasteiger partial charge in [0.2, 0.25) is 0 Å². The first-order valence-corrected chi connectivity index (χ1v) is 4.47. The van der Waals surface area contributed by atoms with Crippen molar-refractivity contribution in [3.05, 3.63) is 0 Å². The normalized spacial score (nSPS) is 21.8. The van der Waals surface area contributed by atoms with E-state index in [1.165, 1.54) is 12.8 Å². The van der Waals surface area contributed by atoms with Gasteiger partial charge in [0.15, 0.2) is 0 Å². The Morgan fingerprint density at radius 1 is 1.67 bits per heavy atom. The molecule has 0 saturated heterocycles. The Morgan fingerprint density at radius 2 is 2.25 bits per heavy atom. The van der Waals surface area contributed by atoms with E-state index in [0.29, 0.717) is 6.54 Å². The van der Waals surface area contributed by atoms with Gasteiger partial charge in [-0.05, 0) is 24.3 Å². The van der Waals surface area contributed by atoms with Gasteiger partial charge in [0.05, 0.1) is 6.42 Å². The fourth-order valence-corrected chi connectivity index (χ4v) is 1.61. The Hall–Kier alpha value is -0.570. The lowest BCUT2D eigenvalue weighted by atomic mass is 9.81. The first-order valence-electron chi connectivity index (χ1n) is 4.47. The number of hydrogen-bond acceptors (Lipinski definition) is 2. The maximum Gasteiger partial charge on any atom is 0.303 e. The molecule has 0 radical (unpaired) electrons. The van der Waals surface area contributed by atoms with Gasteiger partial charge in [0.1, 0.15) is 0 Å². The minimum absolute atomic E-state index is 0.174. The summed E-state index contributed by atoms with van der Waals surface area (Å²) in [6.45, 7) is 2.45. The van der Waals surface area contributed by atoms with E-state index < -0.39 is 5.97 Å². The second-order valence-corrected chi connectivity index (χ2v) is 4.23. The van der Waals surface area contributed by atoms with Gasteiger partial charge < -0.3 is 10.8 Å². The fraction of sp³-hybridized carbons (Fsp3) is 0.889. The van der Waals surface area contributed by atoms with Gasteiger partial charge in [0, 0.05) is 0 Å². The highest BCUT2D eigenvalue weighted by atomic mass is 16.4. The fourth-order valence-electron chi connectivity index (χ4n) is 1.61. The monoisotopic (exact) mass is 171 g/mol. The highest BCUT2D eigenvalue weighted by molar-refractivity contribution is 5.67. The molecule has 0 heterocycles. The molecule has 0 amide bonds. The lowest BCUT2D eigenvalue weighted by molar-refractivity contribution is -0.139. The number of nitrogens with two attached hydrogens (primary N) is 1. The van der Waals surface area contributed by atoms with Crippen LogP contribution in [0.25, 0.3) is 0 Å². The molecule has 3 N–H and O–H groups in total. The molecule has 0 spiro atoms. The molecule has 1 rings (SSSR count). The molecule has 3 heteroatoms. The van der Waals surface area contributed by atoms with Crippen molar-refractivity contribution in [1.82, 2.24) is 0 Å². The zero-order chi connectivity index (χ0) is 9.19. The number of rotatable bonds is 5. The van der Waals surface area contributed by atoms with Crippen LogP contribution < -0.4 is 5.73 Å². The maximum atomic E-state index is 10.5. The van der Waals surface area contributed by atoms with Gasteiger partial charge >= 0.3 is 5.97 Å². The van der Waals surface area contributed by atoms with E-state index in [2.05, 4.69) is 0 Å². The molecule has 70 valence electrons. The minimum Gasteiger partial charge on any atom is -0.481 e. The Morgan fingerprint density at radius 3 is 2.58 bits per heavy atom. The highest BCUT2D eigenvalue weighted by Gasteiger charge is 2.33. The Labute approximate surface area is 72.9 Å². The predicted octanol–water partition coefficient (Wildman–Crippen LogP) is 1.23. The molecule has 1 unspecified atom stereocenters. The molecule has 12 heavy (non-hydrogen) atoms. The van der Waals surface area contributed by atoms with Crippen LogP contribution in [0, 0.1) is 11.3 Å². The van der Waals surface area contributed by atoms with Crippen LogP contribution in [0.3, 0.4) is 0 Å². The molecule has 1 saturated carbocycles. The lowest BCUT2D eigenvalue weighted by Crippen LogP contribution is -2.30. The molecule has 0 bridgehead atoms. The van der Waals surface area contributed by atoms with Gasteiger partial charge in [-0.2, -0.15) is 0 Å². The van der Waals surface area contributed by atoms with Crippen molar-refractivity contribution in [3.63, 3.8) is 0 Å². The van der Waals surface area contributed by atoms with Gasteiger partial charge in [0.25, 0.3) is 0 Å². The number of carboxylic acids is 1. The molecule has 0 aromatic carbocycles. The third kappa shape index (κ3) is 2.81. The van der Waals surface area contributed by atoms with E-state index in [-0.39, 0.29) is 11.8 Å². The van der Waals surface area contributed by atoms with Gasteiger partial charge in [-0.1, -0.05) is 19.8 Å². The first kappa shape index (κ1) is 9.52. The molecule has 0 aliphatic heterocycles. The number of aliphatic carboxylic acids is 1. The van der Waals surface area contributed by atoms with Crippen LogP contribution in [-0.4, -0.2) is 17.6 Å². The van der Waals surface area contributed by atoms with E-state index in [1.54, 1.807) is 0 Å². The summed E-state index contributed by atoms with van der Waals surface area (Å²) >= 11 is 0. The summed E-state index contributed by atoms with van der Waals surface area (Å²) in [4.78, 5) is 10.5. The number of carboxylic acid groups (broad SMARTS) is 1. The van der Waals surface area contributed by atoms with Crippen LogP contribution in [0.4, 0.5) is 0 Å². The van der Waals surface area contributed by atoms with Crippen molar-refractivity contribution in [2.45, 2.75) is 32.6 Å². The van der Waals surface area contributed by atoms with Gasteiger partial charge in [-0.15, -0.1) is 0 Å². The third-order valence-corrected chi connectivity index (χ3v) is 2.55. The average Bonchev–Trinajstić information content (AvgIpc) is 2.70. The molecule has 0 aromatic rings. The number of hydrogen-bond donors (Lipinski definition) is 2. The second-order valence-electron chi connectivity index (χ2n) is 4.23. The van der Waals surface area contributed by atoms with Crippen LogP contribution in [0.15, 0.2) is 0 Å². The molecule has 1 aliphatic carbocycles. The van der Waals surface area contributed by atoms with Crippen molar-refractivity contribution in [3.8, 4) is 0 Å². The van der Waals surface area contributed by atoms with Crippen molar-refractivity contribution < 1.29 is 9.90 Å². The van der Waals surface area contributed by atoms with Crippen molar-refractivity contribution in [1.29, 1.82) is 0 Å². The Bertz CT molecular complexity index is 177. The topological polar surface area (TPSA) is 63.3 Å². The summed E-state index contributed by atoms with van der Waals surface area (Å²) in [5.41, 5.74) is 5.39. The summed E-state index contributed by atoms with van der Waals surface area (Å²) < 4.78 is 0. The van der Waals surface area contributed by atoms with E-state index in [9.17, 15) is 4.79 Å². The largest absolute Gasteiger partial charge is 0.481 e. The maximum absolute atomic E-state index is 10.5. The SMILES string of the molecule is CC(CN)(CC(=O)O)CC1CC1. The van der Waals surface area contributed by atoms with E-state index in [1.807, 2.05) is 6.92 Å². The van der Waals surface area contributed by atoms with E-state index in [0.717, 1.165) is 12.3 Å². The summed E-state index contributed by atoms with van der Waals surface area (Å²) in [6, 6.07) is 0. The minimum atomic E-state index is -0.733. The lowest BCUT2D eigenvalue weighted by Gasteiger charge is -2.25. The summed E-state index contributed by atoms with van der Waals surface area (Å²) in [7, 11) is 0. The summed E-state index contributed by atoms with van der Waals surface area (Å²) in [5, 5.41) is 8.66.